The van der Waals surface area contributed by atoms with Crippen molar-refractivity contribution >= 4 is 5.91 Å². The van der Waals surface area contributed by atoms with E-state index in [0.717, 1.165) is 29.9 Å². The van der Waals surface area contributed by atoms with Gasteiger partial charge in [0.1, 0.15) is 11.8 Å². The number of amides is 1. The molecular weight excluding hydrogens is 256 g/mol. The monoisotopic (exact) mass is 272 g/mol. The molecule has 5 heteroatoms. The Bertz CT molecular complexity index is 557. The maximum Gasteiger partial charge on any atom is 0.249 e. The highest BCUT2D eigenvalue weighted by Gasteiger charge is 2.22. The van der Waals surface area contributed by atoms with Crippen molar-refractivity contribution in [2.45, 2.75) is 25.5 Å². The van der Waals surface area contributed by atoms with E-state index in [1.807, 2.05) is 24.3 Å². The lowest BCUT2D eigenvalue weighted by Crippen LogP contribution is -2.33. The van der Waals surface area contributed by atoms with Crippen molar-refractivity contribution in [3.63, 3.8) is 0 Å². The number of hydrogen-bond donors (Lipinski definition) is 1. The van der Waals surface area contributed by atoms with Crippen molar-refractivity contribution in [2.24, 2.45) is 0 Å². The fourth-order valence-electron chi connectivity index (χ4n) is 2.19. The number of ether oxygens (including phenoxy) is 1. The van der Waals surface area contributed by atoms with Crippen molar-refractivity contribution < 1.29 is 13.9 Å². The van der Waals surface area contributed by atoms with Gasteiger partial charge in [-0.25, -0.2) is 0 Å². The molecule has 1 atom stereocenters. The van der Waals surface area contributed by atoms with Crippen LogP contribution in [0.2, 0.25) is 0 Å². The first kappa shape index (κ1) is 12.9. The number of pyridine rings is 1. The summed E-state index contributed by atoms with van der Waals surface area (Å²) in [7, 11) is 0. The highest BCUT2D eigenvalue weighted by Crippen LogP contribution is 2.17. The number of carbonyl (C=O) groups is 1. The highest BCUT2D eigenvalue weighted by molar-refractivity contribution is 5.80. The number of rotatable bonds is 4. The lowest BCUT2D eigenvalue weighted by Gasteiger charge is -2.10. The van der Waals surface area contributed by atoms with Crippen LogP contribution in [0.1, 0.15) is 18.4 Å². The van der Waals surface area contributed by atoms with Gasteiger partial charge in [-0.1, -0.05) is 6.07 Å². The van der Waals surface area contributed by atoms with Gasteiger partial charge in [0.2, 0.25) is 5.91 Å². The van der Waals surface area contributed by atoms with E-state index >= 15 is 0 Å². The third kappa shape index (κ3) is 2.88. The smallest absolute Gasteiger partial charge is 0.249 e. The van der Waals surface area contributed by atoms with E-state index in [9.17, 15) is 4.79 Å². The van der Waals surface area contributed by atoms with Gasteiger partial charge in [-0.3, -0.25) is 9.78 Å². The van der Waals surface area contributed by atoms with E-state index in [2.05, 4.69) is 10.3 Å². The van der Waals surface area contributed by atoms with Gasteiger partial charge < -0.3 is 14.5 Å². The molecule has 3 heterocycles. The molecule has 1 amide bonds. The Morgan fingerprint density at radius 3 is 3.00 bits per heavy atom. The molecule has 0 radical (unpaired) electrons. The van der Waals surface area contributed by atoms with Crippen LogP contribution < -0.4 is 5.32 Å². The molecule has 3 rings (SSSR count). The van der Waals surface area contributed by atoms with Crippen LogP contribution in [0.5, 0.6) is 0 Å². The summed E-state index contributed by atoms with van der Waals surface area (Å²) in [5.74, 6) is 0.692. The SMILES string of the molecule is O=C(NCc1ccc(-c2ccco2)nc1)C1CCCO1. The van der Waals surface area contributed by atoms with Crippen molar-refractivity contribution in [1.82, 2.24) is 10.3 Å². The molecule has 5 nitrogen and oxygen atoms in total. The van der Waals surface area contributed by atoms with E-state index in [4.69, 9.17) is 9.15 Å². The Morgan fingerprint density at radius 2 is 2.35 bits per heavy atom. The van der Waals surface area contributed by atoms with Crippen molar-refractivity contribution in [3.05, 3.63) is 42.3 Å². The van der Waals surface area contributed by atoms with Crippen molar-refractivity contribution in [2.75, 3.05) is 6.61 Å². The van der Waals surface area contributed by atoms with Crippen LogP contribution in [0.4, 0.5) is 0 Å². The van der Waals surface area contributed by atoms with Crippen LogP contribution >= 0.6 is 0 Å². The Balaban J connectivity index is 1.57. The molecule has 0 saturated carbocycles. The van der Waals surface area contributed by atoms with Crippen LogP contribution in [0.25, 0.3) is 11.5 Å². The normalized spacial score (nSPS) is 18.1. The minimum atomic E-state index is -0.287. The molecule has 1 saturated heterocycles. The van der Waals surface area contributed by atoms with E-state index in [-0.39, 0.29) is 12.0 Å². The first-order valence-corrected chi connectivity index (χ1v) is 6.71. The Labute approximate surface area is 117 Å². The number of hydrogen-bond acceptors (Lipinski definition) is 4. The molecule has 0 aliphatic carbocycles. The number of aromatic nitrogens is 1. The summed E-state index contributed by atoms with van der Waals surface area (Å²) in [6, 6.07) is 7.50. The van der Waals surface area contributed by atoms with Gasteiger partial charge in [0.15, 0.2) is 5.76 Å². The third-order valence-corrected chi connectivity index (χ3v) is 3.29. The highest BCUT2D eigenvalue weighted by atomic mass is 16.5. The zero-order chi connectivity index (χ0) is 13.8. The van der Waals surface area contributed by atoms with Crippen LogP contribution in [0.15, 0.2) is 41.1 Å². The van der Waals surface area contributed by atoms with Crippen LogP contribution in [-0.2, 0) is 16.1 Å². The average molecular weight is 272 g/mol. The number of nitrogens with zero attached hydrogens (tertiary/aromatic N) is 1. The summed E-state index contributed by atoms with van der Waals surface area (Å²) in [6.07, 6.45) is 4.84. The summed E-state index contributed by atoms with van der Waals surface area (Å²) in [4.78, 5) is 16.1. The number of carbonyl (C=O) groups excluding carboxylic acids is 1. The van der Waals surface area contributed by atoms with Crippen molar-refractivity contribution in [1.29, 1.82) is 0 Å². The second-order valence-electron chi connectivity index (χ2n) is 4.75. The van der Waals surface area contributed by atoms with Crippen LogP contribution in [-0.4, -0.2) is 23.6 Å². The zero-order valence-corrected chi connectivity index (χ0v) is 11.0. The molecule has 0 spiro atoms. The standard InChI is InChI=1S/C15H16N2O3/c18-15(14-4-2-8-20-14)17-10-11-5-6-12(16-9-11)13-3-1-7-19-13/h1,3,5-7,9,14H,2,4,8,10H2,(H,17,18). The second kappa shape index (κ2) is 5.88. The Hall–Kier alpha value is -2.14. The van der Waals surface area contributed by atoms with Gasteiger partial charge in [0.25, 0.3) is 0 Å². The molecule has 0 bridgehead atoms. The molecule has 0 aromatic carbocycles. The summed E-state index contributed by atoms with van der Waals surface area (Å²) < 4.78 is 10.6. The van der Waals surface area contributed by atoms with E-state index < -0.39 is 0 Å². The van der Waals surface area contributed by atoms with Gasteiger partial charge in [0.05, 0.1) is 6.26 Å². The van der Waals surface area contributed by atoms with Gasteiger partial charge in [-0.05, 0) is 36.6 Å². The first-order chi connectivity index (χ1) is 9.83. The molecule has 1 aliphatic heterocycles. The Kier molecular flexibility index (Phi) is 3.78. The maximum absolute atomic E-state index is 11.8. The predicted molar refractivity (Wildman–Crippen MR) is 72.8 cm³/mol. The lowest BCUT2D eigenvalue weighted by molar-refractivity contribution is -0.130. The fraction of sp³-hybridized carbons (Fsp3) is 0.333. The molecule has 1 N–H and O–H groups in total. The quantitative estimate of drug-likeness (QED) is 0.926. The minimum Gasteiger partial charge on any atom is -0.463 e. The van der Waals surface area contributed by atoms with Crippen LogP contribution in [0, 0.1) is 0 Å². The largest absolute Gasteiger partial charge is 0.463 e. The lowest BCUT2D eigenvalue weighted by atomic mass is 10.2. The topological polar surface area (TPSA) is 64.4 Å². The molecule has 2 aromatic heterocycles. The van der Waals surface area contributed by atoms with Gasteiger partial charge in [-0.2, -0.15) is 0 Å². The predicted octanol–water partition coefficient (Wildman–Crippen LogP) is 2.14. The molecule has 104 valence electrons. The van der Waals surface area contributed by atoms with Crippen molar-refractivity contribution in [3.8, 4) is 11.5 Å². The second-order valence-corrected chi connectivity index (χ2v) is 4.75. The van der Waals surface area contributed by atoms with E-state index in [0.29, 0.717) is 13.2 Å². The van der Waals surface area contributed by atoms with Gasteiger partial charge in [0, 0.05) is 19.3 Å². The number of furan rings is 1. The number of nitrogens with one attached hydrogen (secondary N) is 1. The fourth-order valence-corrected chi connectivity index (χ4v) is 2.19. The average Bonchev–Trinajstić information content (AvgIpc) is 3.18. The Morgan fingerprint density at radius 1 is 1.40 bits per heavy atom. The van der Waals surface area contributed by atoms with E-state index in [1.165, 1.54) is 0 Å². The molecule has 1 aliphatic rings. The molecule has 2 aromatic rings. The first-order valence-electron chi connectivity index (χ1n) is 6.71. The molecular formula is C15H16N2O3. The molecule has 1 fully saturated rings. The molecule has 20 heavy (non-hydrogen) atoms. The van der Waals surface area contributed by atoms with Gasteiger partial charge >= 0.3 is 0 Å². The zero-order valence-electron chi connectivity index (χ0n) is 11.0. The summed E-state index contributed by atoms with van der Waals surface area (Å²) in [5, 5.41) is 2.87. The molecule has 1 unspecified atom stereocenters. The van der Waals surface area contributed by atoms with Crippen LogP contribution in [0.3, 0.4) is 0 Å². The van der Waals surface area contributed by atoms with E-state index in [1.54, 1.807) is 12.5 Å². The maximum atomic E-state index is 11.8. The summed E-state index contributed by atoms with van der Waals surface area (Å²) in [6.45, 7) is 1.14. The summed E-state index contributed by atoms with van der Waals surface area (Å²) in [5.41, 5.74) is 1.73. The minimum absolute atomic E-state index is 0.0439. The third-order valence-electron chi connectivity index (χ3n) is 3.29. The summed E-state index contributed by atoms with van der Waals surface area (Å²) >= 11 is 0. The van der Waals surface area contributed by atoms with Gasteiger partial charge in [-0.15, -0.1) is 0 Å².